The summed E-state index contributed by atoms with van der Waals surface area (Å²) >= 11 is 0. The van der Waals surface area contributed by atoms with Crippen LogP contribution in [0.1, 0.15) is 19.4 Å². The van der Waals surface area contributed by atoms with E-state index in [-0.39, 0.29) is 13.1 Å². The molecule has 5 heteroatoms. The molecule has 0 fully saturated rings. The minimum absolute atomic E-state index is 0.264. The van der Waals surface area contributed by atoms with Crippen molar-refractivity contribution >= 4 is 10.0 Å². The van der Waals surface area contributed by atoms with E-state index in [1.165, 1.54) is 4.31 Å². The number of hydrogen-bond acceptors (Lipinski definition) is 3. The summed E-state index contributed by atoms with van der Waals surface area (Å²) in [6.07, 6.45) is 3.16. The fourth-order valence-electron chi connectivity index (χ4n) is 1.91. The third-order valence-electron chi connectivity index (χ3n) is 2.96. The van der Waals surface area contributed by atoms with E-state index in [2.05, 4.69) is 18.5 Å². The number of sulfonamides is 1. The number of nitrogens with zero attached hydrogens (tertiary/aromatic N) is 1. The van der Waals surface area contributed by atoms with Crippen LogP contribution in [-0.2, 0) is 16.6 Å². The Morgan fingerprint density at radius 2 is 1.76 bits per heavy atom. The van der Waals surface area contributed by atoms with Gasteiger partial charge in [0.2, 0.25) is 10.0 Å². The van der Waals surface area contributed by atoms with Gasteiger partial charge in [0.05, 0.1) is 4.90 Å². The Hall–Kier alpha value is -1.43. The molecule has 0 amide bonds. The Morgan fingerprint density at radius 1 is 1.19 bits per heavy atom. The predicted octanol–water partition coefficient (Wildman–Crippen LogP) is 2.55. The average Bonchev–Trinajstić information content (AvgIpc) is 2.45. The molecule has 0 heterocycles. The summed E-state index contributed by atoms with van der Waals surface area (Å²) in [6.45, 7) is 12.3. The molecule has 21 heavy (non-hydrogen) atoms. The zero-order valence-corrected chi connectivity index (χ0v) is 13.6. The first-order valence-electron chi connectivity index (χ1n) is 6.96. The van der Waals surface area contributed by atoms with Crippen LogP contribution in [0, 0.1) is 0 Å². The van der Waals surface area contributed by atoms with Crippen LogP contribution >= 0.6 is 0 Å². The molecule has 4 nitrogen and oxygen atoms in total. The van der Waals surface area contributed by atoms with E-state index in [0.717, 1.165) is 5.56 Å². The summed E-state index contributed by atoms with van der Waals surface area (Å²) in [5.41, 5.74) is 0.768. The standard InChI is InChI=1S/C16H24N2O2S/c1-5-11-18(12-6-2)21(19,20)16-10-8-7-9-15(16)13-17-14(3)4/h5-10,14,17H,1-2,11-13H2,3-4H3. The lowest BCUT2D eigenvalue weighted by Gasteiger charge is -2.21. The molecule has 0 saturated heterocycles. The highest BCUT2D eigenvalue weighted by molar-refractivity contribution is 7.89. The van der Waals surface area contributed by atoms with E-state index in [9.17, 15) is 8.42 Å². The van der Waals surface area contributed by atoms with E-state index < -0.39 is 10.0 Å². The van der Waals surface area contributed by atoms with Crippen LogP contribution in [0.15, 0.2) is 54.5 Å². The van der Waals surface area contributed by atoms with Gasteiger partial charge in [-0.2, -0.15) is 4.31 Å². The molecule has 1 aromatic carbocycles. The van der Waals surface area contributed by atoms with Crippen molar-refractivity contribution in [2.24, 2.45) is 0 Å². The highest BCUT2D eigenvalue weighted by Crippen LogP contribution is 2.20. The van der Waals surface area contributed by atoms with Crippen molar-refractivity contribution in [3.05, 3.63) is 55.1 Å². The van der Waals surface area contributed by atoms with Gasteiger partial charge in [-0.1, -0.05) is 44.2 Å². The van der Waals surface area contributed by atoms with Crippen LogP contribution in [0.2, 0.25) is 0 Å². The third kappa shape index (κ3) is 4.81. The Kier molecular flexibility index (Phi) is 6.81. The molecule has 0 saturated carbocycles. The molecular weight excluding hydrogens is 284 g/mol. The molecule has 116 valence electrons. The van der Waals surface area contributed by atoms with Gasteiger partial charge < -0.3 is 5.32 Å². The van der Waals surface area contributed by atoms with Gasteiger partial charge in [0.25, 0.3) is 0 Å². The molecular formula is C16H24N2O2S. The van der Waals surface area contributed by atoms with E-state index in [1.54, 1.807) is 24.3 Å². The molecule has 0 spiro atoms. The highest BCUT2D eigenvalue weighted by Gasteiger charge is 2.24. The monoisotopic (exact) mass is 308 g/mol. The minimum atomic E-state index is -3.55. The minimum Gasteiger partial charge on any atom is -0.310 e. The summed E-state index contributed by atoms with van der Waals surface area (Å²) in [5, 5.41) is 3.25. The van der Waals surface area contributed by atoms with Crippen molar-refractivity contribution in [1.29, 1.82) is 0 Å². The quantitative estimate of drug-likeness (QED) is 0.713. The molecule has 0 aliphatic carbocycles. The molecule has 0 aliphatic heterocycles. The maximum absolute atomic E-state index is 12.8. The van der Waals surface area contributed by atoms with Crippen LogP contribution in [0.5, 0.6) is 0 Å². The third-order valence-corrected chi connectivity index (χ3v) is 4.89. The smallest absolute Gasteiger partial charge is 0.243 e. The lowest BCUT2D eigenvalue weighted by atomic mass is 10.2. The topological polar surface area (TPSA) is 49.4 Å². The van der Waals surface area contributed by atoms with Gasteiger partial charge in [-0.3, -0.25) is 0 Å². The number of benzene rings is 1. The van der Waals surface area contributed by atoms with Crippen molar-refractivity contribution in [3.63, 3.8) is 0 Å². The van der Waals surface area contributed by atoms with E-state index in [0.29, 0.717) is 17.5 Å². The predicted molar refractivity (Wildman–Crippen MR) is 87.6 cm³/mol. The van der Waals surface area contributed by atoms with Gasteiger partial charge in [-0.25, -0.2) is 8.42 Å². The Bertz CT molecular complexity index is 570. The fraction of sp³-hybridized carbons (Fsp3) is 0.375. The van der Waals surface area contributed by atoms with Gasteiger partial charge >= 0.3 is 0 Å². The van der Waals surface area contributed by atoms with Gasteiger partial charge in [0.1, 0.15) is 0 Å². The van der Waals surface area contributed by atoms with Crippen molar-refractivity contribution in [3.8, 4) is 0 Å². The Balaban J connectivity index is 3.17. The van der Waals surface area contributed by atoms with Gasteiger partial charge in [0, 0.05) is 25.7 Å². The lowest BCUT2D eigenvalue weighted by Crippen LogP contribution is -2.33. The zero-order valence-electron chi connectivity index (χ0n) is 12.7. The second-order valence-corrected chi connectivity index (χ2v) is 6.95. The first-order valence-corrected chi connectivity index (χ1v) is 8.40. The van der Waals surface area contributed by atoms with Gasteiger partial charge in [0.15, 0.2) is 0 Å². The number of rotatable bonds is 9. The second kappa shape index (κ2) is 8.12. The molecule has 0 unspecified atom stereocenters. The number of nitrogens with one attached hydrogen (secondary N) is 1. The van der Waals surface area contributed by atoms with Crippen LogP contribution < -0.4 is 5.32 Å². The summed E-state index contributed by atoms with van der Waals surface area (Å²) in [6, 6.07) is 7.36. The normalized spacial score (nSPS) is 11.8. The number of hydrogen-bond donors (Lipinski definition) is 1. The van der Waals surface area contributed by atoms with Gasteiger partial charge in [-0.05, 0) is 11.6 Å². The van der Waals surface area contributed by atoms with Crippen molar-refractivity contribution < 1.29 is 8.42 Å². The molecule has 1 rings (SSSR count). The van der Waals surface area contributed by atoms with E-state index in [1.807, 2.05) is 26.0 Å². The van der Waals surface area contributed by atoms with Crippen LogP contribution in [-0.4, -0.2) is 31.9 Å². The highest BCUT2D eigenvalue weighted by atomic mass is 32.2. The molecule has 0 aliphatic rings. The summed E-state index contributed by atoms with van der Waals surface area (Å²) in [4.78, 5) is 0.335. The molecule has 0 radical (unpaired) electrons. The zero-order chi connectivity index (χ0) is 15.9. The second-order valence-electron chi connectivity index (χ2n) is 5.04. The summed E-state index contributed by atoms with van der Waals surface area (Å²) in [5.74, 6) is 0. The Labute approximate surface area is 128 Å². The van der Waals surface area contributed by atoms with Crippen molar-refractivity contribution in [1.82, 2.24) is 9.62 Å². The van der Waals surface area contributed by atoms with Crippen LogP contribution in [0.4, 0.5) is 0 Å². The van der Waals surface area contributed by atoms with Crippen molar-refractivity contribution in [2.45, 2.75) is 31.3 Å². The molecule has 0 bridgehead atoms. The average molecular weight is 308 g/mol. The molecule has 0 aromatic heterocycles. The summed E-state index contributed by atoms with van der Waals surface area (Å²) < 4.78 is 26.9. The SMILES string of the molecule is C=CCN(CC=C)S(=O)(=O)c1ccccc1CNC(C)C. The summed E-state index contributed by atoms with van der Waals surface area (Å²) in [7, 11) is -3.55. The van der Waals surface area contributed by atoms with Crippen LogP contribution in [0.3, 0.4) is 0 Å². The maximum Gasteiger partial charge on any atom is 0.243 e. The maximum atomic E-state index is 12.8. The van der Waals surface area contributed by atoms with E-state index >= 15 is 0 Å². The first-order chi connectivity index (χ1) is 9.93. The first kappa shape index (κ1) is 17.6. The van der Waals surface area contributed by atoms with Crippen molar-refractivity contribution in [2.75, 3.05) is 13.1 Å². The fourth-order valence-corrected chi connectivity index (χ4v) is 3.52. The molecule has 0 atom stereocenters. The van der Waals surface area contributed by atoms with Gasteiger partial charge in [-0.15, -0.1) is 13.2 Å². The molecule has 1 aromatic rings. The lowest BCUT2D eigenvalue weighted by molar-refractivity contribution is 0.472. The van der Waals surface area contributed by atoms with E-state index in [4.69, 9.17) is 0 Å². The molecule has 1 N–H and O–H groups in total. The van der Waals surface area contributed by atoms with Crippen LogP contribution in [0.25, 0.3) is 0 Å². The Morgan fingerprint density at radius 3 is 2.29 bits per heavy atom. The largest absolute Gasteiger partial charge is 0.310 e.